The van der Waals surface area contributed by atoms with Crippen LogP contribution in [0.3, 0.4) is 0 Å². The SMILES string of the molecule is Cc1cc(SC(=O)c2ccccn2)nc(SC(=O)c2ccccn2)n1. The number of aryl methyl sites for hydroxylation is 1. The van der Waals surface area contributed by atoms with Crippen LogP contribution in [0.25, 0.3) is 0 Å². The summed E-state index contributed by atoms with van der Waals surface area (Å²) in [6, 6.07) is 11.9. The van der Waals surface area contributed by atoms with Gasteiger partial charge >= 0.3 is 0 Å². The van der Waals surface area contributed by atoms with Crippen molar-refractivity contribution in [3.63, 3.8) is 0 Å². The second-order valence-electron chi connectivity index (χ2n) is 4.84. The molecule has 0 aliphatic rings. The Morgan fingerprint density at radius 1 is 0.840 bits per heavy atom. The van der Waals surface area contributed by atoms with Crippen LogP contribution in [0.1, 0.15) is 26.7 Å². The van der Waals surface area contributed by atoms with E-state index < -0.39 is 0 Å². The Balaban J connectivity index is 1.76. The largest absolute Gasteiger partial charge is 0.279 e. The molecule has 0 fully saturated rings. The number of aromatic nitrogens is 4. The summed E-state index contributed by atoms with van der Waals surface area (Å²) in [4.78, 5) is 41.0. The van der Waals surface area contributed by atoms with E-state index in [4.69, 9.17) is 0 Å². The topological polar surface area (TPSA) is 85.7 Å². The Hall–Kier alpha value is -2.58. The van der Waals surface area contributed by atoms with Crippen molar-refractivity contribution < 1.29 is 9.59 Å². The van der Waals surface area contributed by atoms with Crippen molar-refractivity contribution >= 4 is 33.8 Å². The second kappa shape index (κ2) is 8.00. The highest BCUT2D eigenvalue weighted by Crippen LogP contribution is 2.25. The molecule has 3 aromatic rings. The predicted octanol–water partition coefficient (Wildman–Crippen LogP) is 3.44. The van der Waals surface area contributed by atoms with E-state index in [-0.39, 0.29) is 15.4 Å². The van der Waals surface area contributed by atoms with Crippen molar-refractivity contribution in [3.8, 4) is 0 Å². The first-order valence-electron chi connectivity index (χ1n) is 7.24. The van der Waals surface area contributed by atoms with Gasteiger partial charge in [-0.1, -0.05) is 12.1 Å². The summed E-state index contributed by atoms with van der Waals surface area (Å²) >= 11 is 1.84. The van der Waals surface area contributed by atoms with Crippen LogP contribution in [0, 0.1) is 6.92 Å². The van der Waals surface area contributed by atoms with E-state index in [1.54, 1.807) is 61.8 Å². The zero-order valence-corrected chi connectivity index (χ0v) is 14.8. The fourth-order valence-corrected chi connectivity index (χ4v) is 3.42. The number of thioether (sulfide) groups is 2. The first-order chi connectivity index (χ1) is 12.1. The van der Waals surface area contributed by atoms with Crippen molar-refractivity contribution in [2.75, 3.05) is 0 Å². The number of nitrogens with zero attached hydrogens (tertiary/aromatic N) is 4. The van der Waals surface area contributed by atoms with Crippen molar-refractivity contribution in [3.05, 3.63) is 71.9 Å². The van der Waals surface area contributed by atoms with Gasteiger partial charge in [0.25, 0.3) is 0 Å². The van der Waals surface area contributed by atoms with Crippen LogP contribution in [-0.2, 0) is 0 Å². The van der Waals surface area contributed by atoms with Gasteiger partial charge in [-0.2, -0.15) is 0 Å². The molecule has 3 rings (SSSR count). The van der Waals surface area contributed by atoms with E-state index >= 15 is 0 Å². The number of hydrogen-bond acceptors (Lipinski definition) is 8. The van der Waals surface area contributed by atoms with Crippen molar-refractivity contribution in [1.29, 1.82) is 0 Å². The fraction of sp³-hybridized carbons (Fsp3) is 0.0588. The van der Waals surface area contributed by atoms with Crippen molar-refractivity contribution in [2.45, 2.75) is 17.1 Å². The highest BCUT2D eigenvalue weighted by Gasteiger charge is 2.15. The smallest absolute Gasteiger partial charge is 0.245 e. The lowest BCUT2D eigenvalue weighted by atomic mass is 10.4. The third kappa shape index (κ3) is 4.71. The zero-order valence-electron chi connectivity index (χ0n) is 13.1. The summed E-state index contributed by atoms with van der Waals surface area (Å²) in [6.07, 6.45) is 3.11. The molecule has 0 saturated carbocycles. The number of carbonyl (C=O) groups excluding carboxylic acids is 2. The molecular weight excluding hydrogens is 356 g/mol. The normalized spacial score (nSPS) is 10.4. The summed E-state index contributed by atoms with van der Waals surface area (Å²) in [5, 5.41) is 0.287. The molecule has 3 heterocycles. The lowest BCUT2D eigenvalue weighted by Gasteiger charge is -2.04. The Bertz CT molecular complexity index is 833. The summed E-state index contributed by atoms with van der Waals surface area (Å²) < 4.78 is 0. The molecule has 0 saturated heterocycles. The summed E-state index contributed by atoms with van der Waals surface area (Å²) in [6.45, 7) is 1.78. The quantitative estimate of drug-likeness (QED) is 0.393. The van der Waals surface area contributed by atoms with Gasteiger partial charge in [-0.15, -0.1) is 0 Å². The number of rotatable bonds is 4. The van der Waals surface area contributed by atoms with Crippen molar-refractivity contribution in [1.82, 2.24) is 19.9 Å². The van der Waals surface area contributed by atoms with Gasteiger partial charge < -0.3 is 0 Å². The second-order valence-corrected chi connectivity index (χ2v) is 6.77. The van der Waals surface area contributed by atoms with E-state index in [1.165, 1.54) is 0 Å². The molecule has 8 heteroatoms. The number of hydrogen-bond donors (Lipinski definition) is 0. The fourth-order valence-electron chi connectivity index (χ4n) is 1.86. The molecule has 0 radical (unpaired) electrons. The molecule has 0 bridgehead atoms. The molecule has 0 aliphatic carbocycles. The Morgan fingerprint density at radius 2 is 1.44 bits per heavy atom. The zero-order chi connectivity index (χ0) is 17.6. The highest BCUT2D eigenvalue weighted by molar-refractivity contribution is 8.14. The van der Waals surface area contributed by atoms with Gasteiger partial charge in [0, 0.05) is 18.1 Å². The molecule has 0 amide bonds. The minimum Gasteiger partial charge on any atom is -0.279 e. The number of carbonyl (C=O) groups is 2. The first kappa shape index (κ1) is 17.2. The highest BCUT2D eigenvalue weighted by atomic mass is 32.2. The average molecular weight is 368 g/mol. The molecule has 6 nitrogen and oxygen atoms in total. The lowest BCUT2D eigenvalue weighted by molar-refractivity contribution is 0.107. The van der Waals surface area contributed by atoms with Crippen LogP contribution in [0.4, 0.5) is 0 Å². The van der Waals surface area contributed by atoms with E-state index in [0.717, 1.165) is 23.5 Å². The molecule has 0 unspecified atom stereocenters. The maximum absolute atomic E-state index is 12.2. The van der Waals surface area contributed by atoms with Crippen LogP contribution in [0.15, 0.2) is 65.0 Å². The minimum atomic E-state index is -0.252. The van der Waals surface area contributed by atoms with Crippen LogP contribution >= 0.6 is 23.5 Å². The molecule has 0 aliphatic heterocycles. The molecule has 25 heavy (non-hydrogen) atoms. The van der Waals surface area contributed by atoms with Gasteiger partial charge in [-0.05, 0) is 60.8 Å². The van der Waals surface area contributed by atoms with Gasteiger partial charge in [-0.3, -0.25) is 19.6 Å². The van der Waals surface area contributed by atoms with Gasteiger partial charge in [0.2, 0.25) is 10.2 Å². The lowest BCUT2D eigenvalue weighted by Crippen LogP contribution is -2.01. The summed E-state index contributed by atoms with van der Waals surface area (Å²) in [5.41, 5.74) is 1.35. The summed E-state index contributed by atoms with van der Waals surface area (Å²) in [7, 11) is 0. The van der Waals surface area contributed by atoms with Gasteiger partial charge in [0.15, 0.2) is 5.16 Å². The molecule has 0 spiro atoms. The van der Waals surface area contributed by atoms with Gasteiger partial charge in [-0.25, -0.2) is 9.97 Å². The Morgan fingerprint density at radius 3 is 2.00 bits per heavy atom. The third-order valence-electron chi connectivity index (χ3n) is 2.94. The third-order valence-corrected chi connectivity index (χ3v) is 4.51. The standard InChI is InChI=1S/C17H12N4O2S2/c1-11-10-14(24-15(22)12-6-2-4-8-18-12)21-17(20-11)25-16(23)13-7-3-5-9-19-13/h2-10H,1H3. The first-order valence-corrected chi connectivity index (χ1v) is 8.87. The Kier molecular flexibility index (Phi) is 5.52. The molecule has 124 valence electrons. The monoisotopic (exact) mass is 368 g/mol. The van der Waals surface area contributed by atoms with Crippen molar-refractivity contribution in [2.24, 2.45) is 0 Å². The van der Waals surface area contributed by atoms with Gasteiger partial charge in [0.05, 0.1) is 0 Å². The maximum Gasteiger partial charge on any atom is 0.245 e. The predicted molar refractivity (Wildman–Crippen MR) is 95.6 cm³/mol. The number of pyridine rings is 2. The molecule has 0 aromatic carbocycles. The molecular formula is C17H12N4O2S2. The van der Waals surface area contributed by atoms with Crippen LogP contribution < -0.4 is 0 Å². The molecule has 0 atom stereocenters. The van der Waals surface area contributed by atoms with Crippen LogP contribution in [0.2, 0.25) is 0 Å². The van der Waals surface area contributed by atoms with E-state index in [1.807, 2.05) is 0 Å². The molecule has 0 N–H and O–H groups in total. The minimum absolute atomic E-state index is 0.217. The van der Waals surface area contributed by atoms with E-state index in [2.05, 4.69) is 19.9 Å². The average Bonchev–Trinajstić information content (AvgIpc) is 2.62. The Labute approximate surface area is 152 Å². The van der Waals surface area contributed by atoms with E-state index in [9.17, 15) is 9.59 Å². The maximum atomic E-state index is 12.2. The summed E-state index contributed by atoms with van der Waals surface area (Å²) in [5.74, 6) is 0. The van der Waals surface area contributed by atoms with Crippen LogP contribution in [-0.4, -0.2) is 30.2 Å². The van der Waals surface area contributed by atoms with E-state index in [0.29, 0.717) is 22.1 Å². The van der Waals surface area contributed by atoms with Crippen LogP contribution in [0.5, 0.6) is 0 Å². The molecule has 3 aromatic heterocycles. The van der Waals surface area contributed by atoms with Gasteiger partial charge in [0.1, 0.15) is 16.4 Å².